The molecule has 0 saturated heterocycles. The van der Waals surface area contributed by atoms with Gasteiger partial charge < -0.3 is 4.74 Å². The lowest BCUT2D eigenvalue weighted by molar-refractivity contribution is -0.261. The van der Waals surface area contributed by atoms with Gasteiger partial charge in [0.1, 0.15) is 5.82 Å². The molecule has 28 heavy (non-hydrogen) atoms. The molecule has 0 aromatic heterocycles. The zero-order valence-electron chi connectivity index (χ0n) is 13.7. The Labute approximate surface area is 161 Å². The van der Waals surface area contributed by atoms with Gasteiger partial charge in [0.2, 0.25) is 15.6 Å². The molecular formula is C16H11ClF4N2O4S. The van der Waals surface area contributed by atoms with E-state index in [0.717, 1.165) is 30.3 Å². The summed E-state index contributed by atoms with van der Waals surface area (Å²) < 4.78 is 86.2. The summed E-state index contributed by atoms with van der Waals surface area (Å²) in [6.07, 6.45) is -6.62. The highest BCUT2D eigenvalue weighted by atomic mass is 35.5. The van der Waals surface area contributed by atoms with E-state index in [0.29, 0.717) is 6.07 Å². The fraction of sp³-hybridized carbons (Fsp3) is 0.188. The lowest BCUT2D eigenvalue weighted by atomic mass is 9.90. The minimum Gasteiger partial charge on any atom is -0.426 e. The average molecular weight is 439 g/mol. The molecule has 2 N–H and O–H groups in total. The molecule has 0 radical (unpaired) electrons. The zero-order chi connectivity index (χ0) is 20.7. The van der Waals surface area contributed by atoms with Gasteiger partial charge in [-0.2, -0.15) is 13.2 Å². The summed E-state index contributed by atoms with van der Waals surface area (Å²) in [5, 5.41) is 2.02. The van der Waals surface area contributed by atoms with Crippen molar-refractivity contribution in [2.24, 2.45) is 0 Å². The molecule has 3 rings (SSSR count). The van der Waals surface area contributed by atoms with Crippen molar-refractivity contribution in [3.05, 3.63) is 58.9 Å². The fourth-order valence-electron chi connectivity index (χ4n) is 2.66. The van der Waals surface area contributed by atoms with Crippen molar-refractivity contribution in [2.75, 3.05) is 11.9 Å². The lowest BCUT2D eigenvalue weighted by Gasteiger charge is -2.39. The summed E-state index contributed by atoms with van der Waals surface area (Å²) in [5.41, 5.74) is -4.15. The highest BCUT2D eigenvalue weighted by Gasteiger charge is 2.62. The largest absolute Gasteiger partial charge is 0.434 e. The lowest BCUT2D eigenvalue weighted by Crippen LogP contribution is -2.56. The molecule has 2 aromatic rings. The van der Waals surface area contributed by atoms with Crippen molar-refractivity contribution in [3.63, 3.8) is 0 Å². The Hall–Kier alpha value is -2.37. The number of amides is 1. The van der Waals surface area contributed by atoms with Crippen molar-refractivity contribution >= 4 is 33.4 Å². The molecule has 1 aliphatic rings. The molecule has 1 aliphatic heterocycles. The van der Waals surface area contributed by atoms with E-state index in [1.165, 1.54) is 6.07 Å². The Morgan fingerprint density at radius 3 is 2.54 bits per heavy atom. The number of hydrogen-bond acceptors (Lipinski definition) is 4. The van der Waals surface area contributed by atoms with E-state index >= 15 is 0 Å². The number of benzene rings is 2. The number of carbonyl (C=O) groups is 1. The van der Waals surface area contributed by atoms with Crippen molar-refractivity contribution in [3.8, 4) is 0 Å². The summed E-state index contributed by atoms with van der Waals surface area (Å²) in [5.74, 6) is -0.890. The third-order valence-electron chi connectivity index (χ3n) is 4.00. The first-order chi connectivity index (χ1) is 12.9. The summed E-state index contributed by atoms with van der Waals surface area (Å²) in [7, 11) is -4.55. The average Bonchev–Trinajstić information content (AvgIpc) is 2.59. The van der Waals surface area contributed by atoms with Crippen LogP contribution in [0.1, 0.15) is 5.56 Å². The highest BCUT2D eigenvalue weighted by molar-refractivity contribution is 7.89. The van der Waals surface area contributed by atoms with E-state index < -0.39 is 50.7 Å². The Bertz CT molecular complexity index is 1050. The van der Waals surface area contributed by atoms with Gasteiger partial charge in [0, 0.05) is 10.6 Å². The quantitative estimate of drug-likeness (QED) is 0.712. The predicted octanol–water partition coefficient (Wildman–Crippen LogP) is 3.78. The molecule has 0 saturated carbocycles. The van der Waals surface area contributed by atoms with Gasteiger partial charge in [-0.15, -0.1) is 0 Å². The van der Waals surface area contributed by atoms with Crippen molar-refractivity contribution in [1.82, 2.24) is 4.72 Å². The molecule has 0 fully saturated rings. The summed E-state index contributed by atoms with van der Waals surface area (Å²) >= 11 is 5.78. The van der Waals surface area contributed by atoms with Crippen molar-refractivity contribution in [1.29, 1.82) is 0 Å². The standard InChI is InChI=1S/C16H11ClF4N2O4S/c17-9-4-5-13-12(6-9)15(16(19,20)21,27-14(24)23-13)8-22-28(25,26)11-3-1-2-10(18)7-11/h1-7,22H,8H2,(H,23,24). The van der Waals surface area contributed by atoms with Gasteiger partial charge in [-0.05, 0) is 36.4 Å². The number of anilines is 1. The molecule has 0 aliphatic carbocycles. The van der Waals surface area contributed by atoms with Gasteiger partial charge in [0.25, 0.3) is 0 Å². The number of ether oxygens (including phenoxy) is 1. The Morgan fingerprint density at radius 2 is 1.89 bits per heavy atom. The summed E-state index contributed by atoms with van der Waals surface area (Å²) in [6, 6.07) is 7.02. The molecular weight excluding hydrogens is 428 g/mol. The van der Waals surface area contributed by atoms with E-state index in [2.05, 4.69) is 10.1 Å². The van der Waals surface area contributed by atoms with E-state index in [-0.39, 0.29) is 10.7 Å². The molecule has 150 valence electrons. The number of rotatable bonds is 4. The molecule has 12 heteroatoms. The summed E-state index contributed by atoms with van der Waals surface area (Å²) in [4.78, 5) is 11.1. The minimum atomic E-state index is -5.20. The SMILES string of the molecule is O=C1Nc2ccc(Cl)cc2C(CNS(=O)(=O)c2cccc(F)c2)(C(F)(F)F)O1. The Morgan fingerprint density at radius 1 is 1.18 bits per heavy atom. The monoisotopic (exact) mass is 438 g/mol. The maximum atomic E-state index is 14.0. The van der Waals surface area contributed by atoms with Gasteiger partial charge in [0.15, 0.2) is 0 Å². The minimum absolute atomic E-state index is 0.0832. The van der Waals surface area contributed by atoms with Crippen LogP contribution in [0.15, 0.2) is 47.4 Å². The van der Waals surface area contributed by atoms with Gasteiger partial charge >= 0.3 is 12.3 Å². The van der Waals surface area contributed by atoms with Crippen LogP contribution in [-0.4, -0.2) is 27.2 Å². The first-order valence-electron chi connectivity index (χ1n) is 7.57. The smallest absolute Gasteiger partial charge is 0.426 e. The van der Waals surface area contributed by atoms with Crippen molar-refractivity contribution < 1.29 is 35.5 Å². The first-order valence-corrected chi connectivity index (χ1v) is 9.43. The predicted molar refractivity (Wildman–Crippen MR) is 90.9 cm³/mol. The van der Waals surface area contributed by atoms with Crippen LogP contribution in [0.2, 0.25) is 5.02 Å². The van der Waals surface area contributed by atoms with Crippen LogP contribution in [0.4, 0.5) is 28.0 Å². The topological polar surface area (TPSA) is 84.5 Å². The molecule has 2 aromatic carbocycles. The second-order valence-corrected chi connectivity index (χ2v) is 8.01. The fourth-order valence-corrected chi connectivity index (χ4v) is 3.92. The third kappa shape index (κ3) is 3.64. The summed E-state index contributed by atoms with van der Waals surface area (Å²) in [6.45, 7) is -1.38. The Kier molecular flexibility index (Phi) is 5.02. The van der Waals surface area contributed by atoms with E-state index in [4.69, 9.17) is 11.6 Å². The van der Waals surface area contributed by atoms with Gasteiger partial charge in [0.05, 0.1) is 17.1 Å². The molecule has 1 amide bonds. The molecule has 6 nitrogen and oxygen atoms in total. The van der Waals surface area contributed by atoms with Crippen LogP contribution in [-0.2, 0) is 20.4 Å². The maximum absolute atomic E-state index is 14.0. The molecule has 0 bridgehead atoms. The van der Waals surface area contributed by atoms with Crippen LogP contribution in [0.25, 0.3) is 0 Å². The van der Waals surface area contributed by atoms with Gasteiger partial charge in [-0.25, -0.2) is 22.3 Å². The maximum Gasteiger partial charge on any atom is 0.434 e. The van der Waals surface area contributed by atoms with E-state index in [1.54, 1.807) is 4.72 Å². The zero-order valence-corrected chi connectivity index (χ0v) is 15.3. The number of cyclic esters (lactones) is 1. The van der Waals surface area contributed by atoms with Gasteiger partial charge in [-0.3, -0.25) is 5.32 Å². The van der Waals surface area contributed by atoms with Crippen LogP contribution in [0.5, 0.6) is 0 Å². The van der Waals surface area contributed by atoms with Crippen LogP contribution >= 0.6 is 11.6 Å². The van der Waals surface area contributed by atoms with Crippen LogP contribution in [0, 0.1) is 5.82 Å². The first kappa shape index (κ1) is 20.4. The van der Waals surface area contributed by atoms with Gasteiger partial charge in [-0.1, -0.05) is 17.7 Å². The van der Waals surface area contributed by atoms with Crippen molar-refractivity contribution in [2.45, 2.75) is 16.7 Å². The van der Waals surface area contributed by atoms with E-state index in [9.17, 15) is 30.8 Å². The molecule has 0 spiro atoms. The van der Waals surface area contributed by atoms with Crippen LogP contribution in [0.3, 0.4) is 0 Å². The third-order valence-corrected chi connectivity index (χ3v) is 5.63. The second-order valence-electron chi connectivity index (χ2n) is 5.81. The number of nitrogens with one attached hydrogen (secondary N) is 2. The van der Waals surface area contributed by atoms with E-state index in [1.807, 2.05) is 0 Å². The number of carbonyl (C=O) groups excluding carboxylic acids is 1. The normalized spacial score (nSPS) is 19.5. The molecule has 1 heterocycles. The number of halogens is 5. The second kappa shape index (κ2) is 6.90. The molecule has 1 unspecified atom stereocenters. The van der Waals surface area contributed by atoms with Crippen LogP contribution < -0.4 is 10.0 Å². The molecule has 1 atom stereocenters. The Balaban J connectivity index is 2.06. The number of alkyl halides is 3. The number of sulfonamides is 1. The highest BCUT2D eigenvalue weighted by Crippen LogP contribution is 2.48. The number of hydrogen-bond donors (Lipinski definition) is 2. The number of fused-ring (bicyclic) bond motifs is 1.